The first-order chi connectivity index (χ1) is 7.61. The Morgan fingerprint density at radius 1 is 1.75 bits per heavy atom. The van der Waals surface area contributed by atoms with Crippen molar-refractivity contribution in [1.29, 1.82) is 0 Å². The number of amides is 1. The molecule has 1 aliphatic heterocycles. The first-order valence-corrected chi connectivity index (χ1v) is 4.81. The van der Waals surface area contributed by atoms with E-state index < -0.39 is 5.97 Å². The smallest absolute Gasteiger partial charge is 0.356 e. The highest BCUT2D eigenvalue weighted by atomic mass is 16.5. The van der Waals surface area contributed by atoms with Crippen LogP contribution in [-0.2, 0) is 9.53 Å². The second-order valence-electron chi connectivity index (χ2n) is 3.60. The Morgan fingerprint density at radius 3 is 3.06 bits per heavy atom. The third-order valence-electron chi connectivity index (χ3n) is 2.40. The molecule has 0 aromatic carbocycles. The fraction of sp³-hybridized carbons (Fsp3) is 0.444. The summed E-state index contributed by atoms with van der Waals surface area (Å²) in [7, 11) is 1.28. The molecule has 1 fully saturated rings. The molecule has 2 rings (SSSR count). The molecule has 7 heteroatoms. The molecule has 1 aromatic heterocycles. The third kappa shape index (κ3) is 1.76. The molecule has 1 unspecified atom stereocenters. The summed E-state index contributed by atoms with van der Waals surface area (Å²) in [6.45, 7) is 0.421. The van der Waals surface area contributed by atoms with Crippen LogP contribution in [0.15, 0.2) is 6.07 Å². The molecule has 0 saturated carbocycles. The predicted molar refractivity (Wildman–Crippen MR) is 54.9 cm³/mol. The maximum Gasteiger partial charge on any atom is 0.356 e. The fourth-order valence-electron chi connectivity index (χ4n) is 1.62. The second-order valence-corrected chi connectivity index (χ2v) is 3.60. The zero-order valence-electron chi connectivity index (χ0n) is 8.77. The molecule has 16 heavy (non-hydrogen) atoms. The van der Waals surface area contributed by atoms with Crippen LogP contribution in [0.1, 0.15) is 16.9 Å². The van der Waals surface area contributed by atoms with Gasteiger partial charge in [0.1, 0.15) is 5.69 Å². The number of ether oxygens (including phenoxy) is 1. The maximum absolute atomic E-state index is 11.5. The van der Waals surface area contributed by atoms with Gasteiger partial charge in [-0.2, -0.15) is 5.10 Å². The van der Waals surface area contributed by atoms with Crippen LogP contribution in [0.3, 0.4) is 0 Å². The number of anilines is 1. The molecule has 0 aliphatic carbocycles. The van der Waals surface area contributed by atoms with Crippen molar-refractivity contribution in [1.82, 2.24) is 10.2 Å². The van der Waals surface area contributed by atoms with Gasteiger partial charge in [-0.05, 0) is 0 Å². The average Bonchev–Trinajstić information content (AvgIpc) is 2.83. The summed E-state index contributed by atoms with van der Waals surface area (Å²) in [6, 6.07) is 1.30. The van der Waals surface area contributed by atoms with Crippen molar-refractivity contribution in [2.75, 3.05) is 18.6 Å². The molecular weight excluding hydrogens is 212 g/mol. The number of esters is 1. The summed E-state index contributed by atoms with van der Waals surface area (Å²) < 4.78 is 4.52. The van der Waals surface area contributed by atoms with Crippen molar-refractivity contribution in [3.05, 3.63) is 11.8 Å². The number of nitrogens with two attached hydrogens (primary N) is 1. The van der Waals surface area contributed by atoms with E-state index in [0.717, 1.165) is 0 Å². The van der Waals surface area contributed by atoms with E-state index in [0.29, 0.717) is 18.8 Å². The molecule has 2 heterocycles. The number of hydrogen-bond donors (Lipinski definition) is 2. The fourth-order valence-corrected chi connectivity index (χ4v) is 1.62. The number of aromatic amines is 1. The van der Waals surface area contributed by atoms with Crippen molar-refractivity contribution < 1.29 is 14.3 Å². The normalized spacial score (nSPS) is 20.2. The van der Waals surface area contributed by atoms with Crippen LogP contribution in [0.4, 0.5) is 5.82 Å². The van der Waals surface area contributed by atoms with Gasteiger partial charge in [0.25, 0.3) is 0 Å². The molecule has 1 amide bonds. The molecular formula is C9H12N4O3. The summed E-state index contributed by atoms with van der Waals surface area (Å²) in [5.41, 5.74) is 5.87. The van der Waals surface area contributed by atoms with Crippen molar-refractivity contribution >= 4 is 17.7 Å². The van der Waals surface area contributed by atoms with E-state index in [-0.39, 0.29) is 17.6 Å². The zero-order chi connectivity index (χ0) is 11.7. The first-order valence-electron chi connectivity index (χ1n) is 4.81. The quantitative estimate of drug-likeness (QED) is 0.644. The molecule has 0 spiro atoms. The van der Waals surface area contributed by atoms with Crippen molar-refractivity contribution in [2.45, 2.75) is 12.5 Å². The molecule has 1 aliphatic rings. The molecule has 0 bridgehead atoms. The van der Waals surface area contributed by atoms with E-state index in [1.54, 1.807) is 0 Å². The molecule has 3 N–H and O–H groups in total. The predicted octanol–water partition coefficient (Wildman–Crippen LogP) is -0.740. The lowest BCUT2D eigenvalue weighted by molar-refractivity contribution is -0.117. The highest BCUT2D eigenvalue weighted by molar-refractivity contribution is 5.96. The standard InChI is InChI=1S/C9H12N4O3/c1-16-9(15)6-3-7(12-11-6)13-4-5(10)2-8(13)14/h3,5H,2,4,10H2,1H3,(H,11,12). The molecule has 0 radical (unpaired) electrons. The number of nitrogens with one attached hydrogen (secondary N) is 1. The number of aromatic nitrogens is 2. The highest BCUT2D eigenvalue weighted by Crippen LogP contribution is 2.19. The topological polar surface area (TPSA) is 101 Å². The number of nitrogens with zero attached hydrogens (tertiary/aromatic N) is 2. The summed E-state index contributed by atoms with van der Waals surface area (Å²) >= 11 is 0. The van der Waals surface area contributed by atoms with E-state index in [4.69, 9.17) is 5.73 Å². The van der Waals surface area contributed by atoms with E-state index in [1.807, 2.05) is 0 Å². The minimum absolute atomic E-state index is 0.0876. The van der Waals surface area contributed by atoms with Crippen LogP contribution >= 0.6 is 0 Å². The minimum Gasteiger partial charge on any atom is -0.464 e. The summed E-state index contributed by atoms with van der Waals surface area (Å²) in [4.78, 5) is 24.1. The number of methoxy groups -OCH3 is 1. The largest absolute Gasteiger partial charge is 0.464 e. The second kappa shape index (κ2) is 3.93. The Labute approximate surface area is 91.5 Å². The summed E-state index contributed by atoms with van der Waals surface area (Å²) in [5, 5.41) is 6.39. The summed E-state index contributed by atoms with van der Waals surface area (Å²) in [6.07, 6.45) is 0.306. The van der Waals surface area contributed by atoms with Gasteiger partial charge in [-0.25, -0.2) is 4.79 Å². The van der Waals surface area contributed by atoms with Crippen LogP contribution in [0, 0.1) is 0 Å². The van der Waals surface area contributed by atoms with Gasteiger partial charge in [-0.1, -0.05) is 0 Å². The number of H-pyrrole nitrogens is 1. The Bertz CT molecular complexity index is 428. The van der Waals surface area contributed by atoms with Crippen molar-refractivity contribution in [3.63, 3.8) is 0 Å². The van der Waals surface area contributed by atoms with Crippen LogP contribution < -0.4 is 10.6 Å². The number of rotatable bonds is 2. The van der Waals surface area contributed by atoms with Gasteiger partial charge in [0.2, 0.25) is 5.91 Å². The van der Waals surface area contributed by atoms with Crippen LogP contribution in [0.25, 0.3) is 0 Å². The van der Waals surface area contributed by atoms with E-state index in [2.05, 4.69) is 14.9 Å². The van der Waals surface area contributed by atoms with Crippen LogP contribution in [-0.4, -0.2) is 41.8 Å². The summed E-state index contributed by atoms with van der Waals surface area (Å²) in [5.74, 6) is -0.205. The van der Waals surface area contributed by atoms with Crippen molar-refractivity contribution in [2.24, 2.45) is 5.73 Å². The van der Waals surface area contributed by atoms with Gasteiger partial charge in [0, 0.05) is 25.1 Å². The van der Waals surface area contributed by atoms with Gasteiger partial charge in [-0.3, -0.25) is 14.8 Å². The molecule has 7 nitrogen and oxygen atoms in total. The molecule has 1 aromatic rings. The maximum atomic E-state index is 11.5. The van der Waals surface area contributed by atoms with Crippen LogP contribution in [0.2, 0.25) is 0 Å². The number of carbonyl (C=O) groups is 2. The lowest BCUT2D eigenvalue weighted by Crippen LogP contribution is -2.28. The average molecular weight is 224 g/mol. The number of carbonyl (C=O) groups excluding carboxylic acids is 2. The van der Waals surface area contributed by atoms with Gasteiger partial charge >= 0.3 is 5.97 Å². The van der Waals surface area contributed by atoms with Gasteiger partial charge in [0.05, 0.1) is 7.11 Å². The van der Waals surface area contributed by atoms with Crippen LogP contribution in [0.5, 0.6) is 0 Å². The Morgan fingerprint density at radius 2 is 2.50 bits per heavy atom. The Balaban J connectivity index is 2.19. The molecule has 1 saturated heterocycles. The van der Waals surface area contributed by atoms with E-state index in [1.165, 1.54) is 18.1 Å². The third-order valence-corrected chi connectivity index (χ3v) is 2.40. The van der Waals surface area contributed by atoms with Gasteiger partial charge in [-0.15, -0.1) is 0 Å². The van der Waals surface area contributed by atoms with E-state index >= 15 is 0 Å². The lowest BCUT2D eigenvalue weighted by atomic mass is 10.3. The molecule has 1 atom stereocenters. The first kappa shape index (κ1) is 10.6. The minimum atomic E-state index is -0.519. The SMILES string of the molecule is COC(=O)c1cc(N2CC(N)CC2=O)n[nH]1. The zero-order valence-corrected chi connectivity index (χ0v) is 8.77. The van der Waals surface area contributed by atoms with Crippen molar-refractivity contribution in [3.8, 4) is 0 Å². The molecule has 86 valence electrons. The lowest BCUT2D eigenvalue weighted by Gasteiger charge is -2.11. The monoisotopic (exact) mass is 224 g/mol. The highest BCUT2D eigenvalue weighted by Gasteiger charge is 2.30. The Kier molecular flexibility index (Phi) is 2.61. The number of hydrogen-bond acceptors (Lipinski definition) is 5. The van der Waals surface area contributed by atoms with E-state index in [9.17, 15) is 9.59 Å². The Hall–Kier alpha value is -1.89. The van der Waals surface area contributed by atoms with Gasteiger partial charge < -0.3 is 10.5 Å². The van der Waals surface area contributed by atoms with Gasteiger partial charge in [0.15, 0.2) is 5.82 Å².